The van der Waals surface area contributed by atoms with Crippen LogP contribution in [0.2, 0.25) is 0 Å². The molecule has 110 valence electrons. The first kappa shape index (κ1) is 13.7. The van der Waals surface area contributed by atoms with E-state index in [1.807, 2.05) is 30.5 Å². The molecule has 0 bridgehead atoms. The van der Waals surface area contributed by atoms with Crippen LogP contribution in [0.5, 0.6) is 5.75 Å². The lowest BCUT2D eigenvalue weighted by atomic mass is 9.98. The van der Waals surface area contributed by atoms with Gasteiger partial charge in [-0.1, -0.05) is 19.1 Å². The van der Waals surface area contributed by atoms with Gasteiger partial charge in [0, 0.05) is 25.0 Å². The van der Waals surface area contributed by atoms with Crippen molar-refractivity contribution < 1.29 is 4.74 Å². The van der Waals surface area contributed by atoms with Gasteiger partial charge in [-0.25, -0.2) is 4.98 Å². The zero-order chi connectivity index (χ0) is 14.7. The van der Waals surface area contributed by atoms with Crippen LogP contribution in [0.3, 0.4) is 0 Å². The molecular weight excluding hydrogens is 262 g/mol. The van der Waals surface area contributed by atoms with E-state index in [4.69, 9.17) is 10.5 Å². The first-order valence-electron chi connectivity index (χ1n) is 7.48. The number of rotatable bonds is 4. The molecule has 1 aromatic heterocycles. The van der Waals surface area contributed by atoms with Gasteiger partial charge in [-0.2, -0.15) is 0 Å². The minimum atomic E-state index is 0.718. The number of ether oxygens (including phenoxy) is 1. The number of anilines is 2. The molecule has 1 aliphatic heterocycles. The van der Waals surface area contributed by atoms with E-state index in [0.29, 0.717) is 0 Å². The predicted octanol–water partition coefficient (Wildman–Crippen LogP) is 3.02. The first-order chi connectivity index (χ1) is 10.3. The van der Waals surface area contributed by atoms with Gasteiger partial charge in [0.2, 0.25) is 0 Å². The molecule has 2 N–H and O–H groups in total. The van der Waals surface area contributed by atoms with Crippen molar-refractivity contribution >= 4 is 11.5 Å². The molecule has 1 aliphatic rings. The second-order valence-corrected chi connectivity index (χ2v) is 5.33. The highest BCUT2D eigenvalue weighted by Gasteiger charge is 2.21. The van der Waals surface area contributed by atoms with E-state index in [0.717, 1.165) is 49.8 Å². The van der Waals surface area contributed by atoms with Gasteiger partial charge in [-0.3, -0.25) is 0 Å². The lowest BCUT2D eigenvalue weighted by Crippen LogP contribution is -2.31. The van der Waals surface area contributed by atoms with Crippen LogP contribution in [-0.4, -0.2) is 18.1 Å². The molecule has 1 aromatic carbocycles. The van der Waals surface area contributed by atoms with Crippen molar-refractivity contribution in [2.45, 2.75) is 26.3 Å². The first-order valence-corrected chi connectivity index (χ1v) is 7.48. The largest absolute Gasteiger partial charge is 0.490 e. The number of nitrogen functional groups attached to an aromatic ring is 1. The van der Waals surface area contributed by atoms with E-state index in [1.165, 1.54) is 11.1 Å². The maximum Gasteiger partial charge on any atom is 0.171 e. The van der Waals surface area contributed by atoms with E-state index in [1.54, 1.807) is 0 Å². The molecule has 4 nitrogen and oxygen atoms in total. The summed E-state index contributed by atoms with van der Waals surface area (Å²) in [6.45, 7) is 4.58. The van der Waals surface area contributed by atoms with Crippen molar-refractivity contribution in [1.29, 1.82) is 0 Å². The third-order valence-corrected chi connectivity index (χ3v) is 3.81. The number of pyridine rings is 1. The summed E-state index contributed by atoms with van der Waals surface area (Å²) in [5.41, 5.74) is 9.52. The number of fused-ring (bicyclic) bond motifs is 1. The van der Waals surface area contributed by atoms with Gasteiger partial charge in [0.05, 0.1) is 6.61 Å². The van der Waals surface area contributed by atoms with Crippen LogP contribution in [0.4, 0.5) is 11.5 Å². The summed E-state index contributed by atoms with van der Waals surface area (Å²) in [4.78, 5) is 6.79. The van der Waals surface area contributed by atoms with Crippen molar-refractivity contribution in [3.05, 3.63) is 47.7 Å². The third kappa shape index (κ3) is 2.79. The standard InChI is InChI=1S/C17H21N3O/c1-2-11-21-16-7-4-9-19-17(16)20-10-8-14-13(12-20)5-3-6-15(14)18/h3-7,9H,2,8,10-12,18H2,1H3. The van der Waals surface area contributed by atoms with Crippen molar-refractivity contribution in [2.24, 2.45) is 0 Å². The Kier molecular flexibility index (Phi) is 3.95. The van der Waals surface area contributed by atoms with Crippen molar-refractivity contribution in [3.8, 4) is 5.75 Å². The predicted molar refractivity (Wildman–Crippen MR) is 85.6 cm³/mol. The summed E-state index contributed by atoms with van der Waals surface area (Å²) < 4.78 is 5.82. The minimum Gasteiger partial charge on any atom is -0.490 e. The third-order valence-electron chi connectivity index (χ3n) is 3.81. The molecule has 0 saturated heterocycles. The maximum absolute atomic E-state index is 6.06. The Balaban J connectivity index is 1.86. The van der Waals surface area contributed by atoms with Crippen LogP contribution < -0.4 is 15.4 Å². The summed E-state index contributed by atoms with van der Waals surface area (Å²) in [5, 5.41) is 0. The highest BCUT2D eigenvalue weighted by Crippen LogP contribution is 2.31. The average Bonchev–Trinajstić information content (AvgIpc) is 2.53. The molecule has 21 heavy (non-hydrogen) atoms. The normalized spacial score (nSPS) is 13.9. The van der Waals surface area contributed by atoms with Crippen LogP contribution in [0.25, 0.3) is 0 Å². The maximum atomic E-state index is 6.06. The molecule has 0 fully saturated rings. The molecule has 0 unspecified atom stereocenters. The van der Waals surface area contributed by atoms with Gasteiger partial charge in [0.25, 0.3) is 0 Å². The van der Waals surface area contributed by atoms with Gasteiger partial charge in [-0.15, -0.1) is 0 Å². The Bertz CT molecular complexity index is 627. The Hall–Kier alpha value is -2.23. The Labute approximate surface area is 125 Å². The van der Waals surface area contributed by atoms with Crippen molar-refractivity contribution in [1.82, 2.24) is 4.98 Å². The topological polar surface area (TPSA) is 51.4 Å². The second kappa shape index (κ2) is 6.04. The molecule has 4 heteroatoms. The highest BCUT2D eigenvalue weighted by molar-refractivity contribution is 5.58. The summed E-state index contributed by atoms with van der Waals surface area (Å²) in [5.74, 6) is 1.80. The molecule has 0 amide bonds. The lowest BCUT2D eigenvalue weighted by molar-refractivity contribution is 0.316. The van der Waals surface area contributed by atoms with E-state index in [-0.39, 0.29) is 0 Å². The van der Waals surface area contributed by atoms with E-state index in [2.05, 4.69) is 22.9 Å². The Morgan fingerprint density at radius 1 is 1.29 bits per heavy atom. The van der Waals surface area contributed by atoms with Crippen LogP contribution >= 0.6 is 0 Å². The van der Waals surface area contributed by atoms with Gasteiger partial charge in [0.15, 0.2) is 11.6 Å². The Morgan fingerprint density at radius 2 is 2.19 bits per heavy atom. The molecule has 0 spiro atoms. The molecule has 0 saturated carbocycles. The fraction of sp³-hybridized carbons (Fsp3) is 0.353. The number of hydrogen-bond donors (Lipinski definition) is 1. The van der Waals surface area contributed by atoms with Gasteiger partial charge < -0.3 is 15.4 Å². The SMILES string of the molecule is CCCOc1cccnc1N1CCc2c(N)cccc2C1. The number of benzene rings is 1. The smallest absolute Gasteiger partial charge is 0.171 e. The van der Waals surface area contributed by atoms with E-state index in [9.17, 15) is 0 Å². The minimum absolute atomic E-state index is 0.718. The summed E-state index contributed by atoms with van der Waals surface area (Å²) >= 11 is 0. The van der Waals surface area contributed by atoms with Crippen LogP contribution in [0, 0.1) is 0 Å². The number of nitrogens with two attached hydrogens (primary N) is 1. The number of nitrogens with zero attached hydrogens (tertiary/aromatic N) is 2. The molecule has 0 radical (unpaired) electrons. The monoisotopic (exact) mass is 283 g/mol. The van der Waals surface area contributed by atoms with Gasteiger partial charge >= 0.3 is 0 Å². The summed E-state index contributed by atoms with van der Waals surface area (Å²) in [6, 6.07) is 10.1. The lowest BCUT2D eigenvalue weighted by Gasteiger charge is -2.31. The highest BCUT2D eigenvalue weighted by atomic mass is 16.5. The second-order valence-electron chi connectivity index (χ2n) is 5.33. The molecule has 2 aromatic rings. The zero-order valence-corrected chi connectivity index (χ0v) is 12.4. The molecule has 3 rings (SSSR count). The van der Waals surface area contributed by atoms with E-state index < -0.39 is 0 Å². The molecular formula is C17H21N3O. The molecule has 2 heterocycles. The number of hydrogen-bond acceptors (Lipinski definition) is 4. The van der Waals surface area contributed by atoms with Crippen molar-refractivity contribution in [3.63, 3.8) is 0 Å². The molecule has 0 aliphatic carbocycles. The van der Waals surface area contributed by atoms with Crippen LogP contribution in [0.1, 0.15) is 24.5 Å². The van der Waals surface area contributed by atoms with E-state index >= 15 is 0 Å². The van der Waals surface area contributed by atoms with Crippen LogP contribution in [0.15, 0.2) is 36.5 Å². The Morgan fingerprint density at radius 3 is 3.05 bits per heavy atom. The fourth-order valence-electron chi connectivity index (χ4n) is 2.76. The quantitative estimate of drug-likeness (QED) is 0.876. The van der Waals surface area contributed by atoms with Gasteiger partial charge in [0.1, 0.15) is 0 Å². The zero-order valence-electron chi connectivity index (χ0n) is 12.4. The van der Waals surface area contributed by atoms with Crippen LogP contribution in [-0.2, 0) is 13.0 Å². The average molecular weight is 283 g/mol. The van der Waals surface area contributed by atoms with Gasteiger partial charge in [-0.05, 0) is 42.2 Å². The number of aromatic nitrogens is 1. The van der Waals surface area contributed by atoms with Crippen molar-refractivity contribution in [2.75, 3.05) is 23.8 Å². The fourth-order valence-corrected chi connectivity index (χ4v) is 2.76. The molecule has 0 atom stereocenters. The summed E-state index contributed by atoms with van der Waals surface area (Å²) in [7, 11) is 0. The summed E-state index contributed by atoms with van der Waals surface area (Å²) in [6.07, 6.45) is 3.77.